The third-order valence-corrected chi connectivity index (χ3v) is 5.82. The highest BCUT2D eigenvalue weighted by molar-refractivity contribution is 7.98. The monoisotopic (exact) mass is 351 g/mol. The third kappa shape index (κ3) is 4.50. The van der Waals surface area contributed by atoms with Crippen molar-refractivity contribution in [2.45, 2.75) is 29.2 Å². The van der Waals surface area contributed by atoms with E-state index in [1.807, 2.05) is 49.6 Å². The average Bonchev–Trinajstić information content (AvgIpc) is 2.60. The summed E-state index contributed by atoms with van der Waals surface area (Å²) in [6.07, 6.45) is 2.62. The van der Waals surface area contributed by atoms with Gasteiger partial charge in [-0.25, -0.2) is 13.1 Å². The summed E-state index contributed by atoms with van der Waals surface area (Å²) >= 11 is 1.58. The van der Waals surface area contributed by atoms with Crippen molar-refractivity contribution in [3.8, 4) is 5.75 Å². The molecule has 1 atom stereocenters. The van der Waals surface area contributed by atoms with Crippen LogP contribution in [0.15, 0.2) is 58.3 Å². The molecule has 0 heterocycles. The van der Waals surface area contributed by atoms with E-state index in [4.69, 9.17) is 4.74 Å². The lowest BCUT2D eigenvalue weighted by atomic mass is 10.1. The van der Waals surface area contributed by atoms with E-state index in [9.17, 15) is 8.42 Å². The second kappa shape index (κ2) is 7.86. The Morgan fingerprint density at radius 2 is 1.70 bits per heavy atom. The van der Waals surface area contributed by atoms with Gasteiger partial charge in [0.15, 0.2) is 0 Å². The first kappa shape index (κ1) is 17.8. The molecule has 0 spiro atoms. The van der Waals surface area contributed by atoms with Crippen LogP contribution >= 0.6 is 11.8 Å². The molecule has 0 bridgehead atoms. The molecular formula is C17H21NO3S2. The Balaban J connectivity index is 2.21. The van der Waals surface area contributed by atoms with Gasteiger partial charge in [0, 0.05) is 10.9 Å². The summed E-state index contributed by atoms with van der Waals surface area (Å²) in [5.74, 6) is 0.749. The summed E-state index contributed by atoms with van der Waals surface area (Å²) < 4.78 is 33.0. The van der Waals surface area contributed by atoms with Crippen LogP contribution < -0.4 is 9.46 Å². The molecular weight excluding hydrogens is 330 g/mol. The van der Waals surface area contributed by atoms with Crippen molar-refractivity contribution in [3.05, 3.63) is 54.1 Å². The number of methoxy groups -OCH3 is 1. The molecule has 0 aromatic heterocycles. The van der Waals surface area contributed by atoms with Crippen LogP contribution in [0.3, 0.4) is 0 Å². The molecule has 2 aromatic rings. The molecule has 0 radical (unpaired) electrons. The highest BCUT2D eigenvalue weighted by Gasteiger charge is 2.20. The molecule has 2 rings (SSSR count). The van der Waals surface area contributed by atoms with Crippen LogP contribution in [-0.4, -0.2) is 21.8 Å². The maximum Gasteiger partial charge on any atom is 0.241 e. The molecule has 0 aliphatic heterocycles. The molecule has 0 fully saturated rings. The summed E-state index contributed by atoms with van der Waals surface area (Å²) in [5.41, 5.74) is 0.914. The summed E-state index contributed by atoms with van der Waals surface area (Å²) in [5, 5.41) is 0. The van der Waals surface area contributed by atoms with Crippen molar-refractivity contribution in [1.82, 2.24) is 4.72 Å². The number of hydrogen-bond donors (Lipinski definition) is 1. The van der Waals surface area contributed by atoms with Gasteiger partial charge >= 0.3 is 0 Å². The lowest BCUT2D eigenvalue weighted by molar-refractivity contribution is 0.414. The molecule has 0 aliphatic carbocycles. The lowest BCUT2D eigenvalue weighted by Gasteiger charge is -2.18. The fraction of sp³-hybridized carbons (Fsp3) is 0.294. The summed E-state index contributed by atoms with van der Waals surface area (Å²) in [6, 6.07) is 14.1. The maximum absolute atomic E-state index is 12.6. The number of rotatable bonds is 7. The number of ether oxygens (including phenoxy) is 1. The minimum Gasteiger partial charge on any atom is -0.497 e. The lowest BCUT2D eigenvalue weighted by Crippen LogP contribution is -2.28. The fourth-order valence-corrected chi connectivity index (χ4v) is 3.95. The molecule has 4 nitrogen and oxygen atoms in total. The minimum absolute atomic E-state index is 0.272. The zero-order chi connectivity index (χ0) is 16.9. The number of thioether (sulfide) groups is 1. The van der Waals surface area contributed by atoms with Crippen molar-refractivity contribution in [1.29, 1.82) is 0 Å². The Kier molecular flexibility index (Phi) is 6.10. The van der Waals surface area contributed by atoms with E-state index in [1.54, 1.807) is 31.0 Å². The van der Waals surface area contributed by atoms with Gasteiger partial charge in [-0.3, -0.25) is 0 Å². The zero-order valence-corrected chi connectivity index (χ0v) is 15.1. The van der Waals surface area contributed by atoms with Crippen LogP contribution in [-0.2, 0) is 10.0 Å². The van der Waals surface area contributed by atoms with E-state index < -0.39 is 10.0 Å². The second-order valence-corrected chi connectivity index (χ2v) is 7.62. The van der Waals surface area contributed by atoms with E-state index in [0.717, 1.165) is 16.2 Å². The van der Waals surface area contributed by atoms with Crippen molar-refractivity contribution in [3.63, 3.8) is 0 Å². The SMILES string of the molecule is CCC(NS(=O)(=O)c1ccc(SC)cc1)c1ccc(OC)cc1. The maximum atomic E-state index is 12.6. The molecule has 2 aromatic carbocycles. The van der Waals surface area contributed by atoms with Crippen molar-refractivity contribution in [2.75, 3.05) is 13.4 Å². The van der Waals surface area contributed by atoms with Gasteiger partial charge in [0.25, 0.3) is 0 Å². The first-order valence-electron chi connectivity index (χ1n) is 7.30. The third-order valence-electron chi connectivity index (χ3n) is 3.59. The van der Waals surface area contributed by atoms with Crippen molar-refractivity contribution >= 4 is 21.8 Å². The summed E-state index contributed by atoms with van der Waals surface area (Å²) in [7, 11) is -1.95. The molecule has 0 aliphatic rings. The van der Waals surface area contributed by atoms with Gasteiger partial charge in [0.1, 0.15) is 5.75 Å². The van der Waals surface area contributed by atoms with E-state index in [0.29, 0.717) is 6.42 Å². The van der Waals surface area contributed by atoms with Crippen LogP contribution in [0.4, 0.5) is 0 Å². The highest BCUT2D eigenvalue weighted by atomic mass is 32.2. The van der Waals surface area contributed by atoms with Gasteiger partial charge < -0.3 is 4.74 Å². The van der Waals surface area contributed by atoms with Crippen LogP contribution in [0.25, 0.3) is 0 Å². The van der Waals surface area contributed by atoms with Crippen LogP contribution in [0.1, 0.15) is 24.9 Å². The van der Waals surface area contributed by atoms with Crippen LogP contribution in [0.2, 0.25) is 0 Å². The standard InChI is InChI=1S/C17H21NO3S2/c1-4-17(13-5-7-14(21-2)8-6-13)18-23(19,20)16-11-9-15(22-3)10-12-16/h5-12,17-18H,4H2,1-3H3. The Hall–Kier alpha value is -1.50. The Bertz CT molecular complexity index is 725. The molecule has 1 N–H and O–H groups in total. The summed E-state index contributed by atoms with van der Waals surface area (Å²) in [6.45, 7) is 1.95. The summed E-state index contributed by atoms with van der Waals surface area (Å²) in [4.78, 5) is 1.31. The van der Waals surface area contributed by atoms with E-state index in [-0.39, 0.29) is 10.9 Å². The Labute approximate surface area is 142 Å². The molecule has 124 valence electrons. The first-order chi connectivity index (χ1) is 11.0. The minimum atomic E-state index is -3.55. The van der Waals surface area contributed by atoms with Gasteiger partial charge in [0.2, 0.25) is 10.0 Å². The molecule has 0 saturated heterocycles. The smallest absolute Gasteiger partial charge is 0.241 e. The molecule has 0 amide bonds. The Morgan fingerprint density at radius 1 is 1.09 bits per heavy atom. The van der Waals surface area contributed by atoms with Crippen LogP contribution in [0, 0.1) is 0 Å². The Morgan fingerprint density at radius 3 is 2.17 bits per heavy atom. The predicted molar refractivity (Wildman–Crippen MR) is 94.6 cm³/mol. The van der Waals surface area contributed by atoms with Crippen molar-refractivity contribution in [2.24, 2.45) is 0 Å². The molecule has 23 heavy (non-hydrogen) atoms. The number of nitrogens with one attached hydrogen (secondary N) is 1. The number of hydrogen-bond acceptors (Lipinski definition) is 4. The van der Waals surface area contributed by atoms with Gasteiger partial charge in [-0.05, 0) is 54.6 Å². The van der Waals surface area contributed by atoms with Gasteiger partial charge in [-0.2, -0.15) is 0 Å². The molecule has 6 heteroatoms. The van der Waals surface area contributed by atoms with Crippen molar-refractivity contribution < 1.29 is 13.2 Å². The van der Waals surface area contributed by atoms with Gasteiger partial charge in [-0.1, -0.05) is 19.1 Å². The normalized spacial score (nSPS) is 12.8. The predicted octanol–water partition coefficient (Wildman–Crippen LogP) is 3.85. The zero-order valence-electron chi connectivity index (χ0n) is 13.4. The molecule has 0 saturated carbocycles. The van der Waals surface area contributed by atoms with Gasteiger partial charge in [0.05, 0.1) is 12.0 Å². The number of benzene rings is 2. The van der Waals surface area contributed by atoms with E-state index >= 15 is 0 Å². The first-order valence-corrected chi connectivity index (χ1v) is 10.0. The second-order valence-electron chi connectivity index (χ2n) is 5.03. The van der Waals surface area contributed by atoms with Gasteiger partial charge in [-0.15, -0.1) is 11.8 Å². The fourth-order valence-electron chi connectivity index (χ4n) is 2.23. The topological polar surface area (TPSA) is 55.4 Å². The largest absolute Gasteiger partial charge is 0.497 e. The van der Waals surface area contributed by atoms with Crippen LogP contribution in [0.5, 0.6) is 5.75 Å². The molecule has 1 unspecified atom stereocenters. The quantitative estimate of drug-likeness (QED) is 0.770. The van der Waals surface area contributed by atoms with E-state index in [2.05, 4.69) is 4.72 Å². The average molecular weight is 351 g/mol. The number of sulfonamides is 1. The highest BCUT2D eigenvalue weighted by Crippen LogP contribution is 2.23. The van der Waals surface area contributed by atoms with E-state index in [1.165, 1.54) is 0 Å².